The van der Waals surface area contributed by atoms with Crippen LogP contribution in [0.25, 0.3) is 0 Å². The second kappa shape index (κ2) is 7.52. The summed E-state index contributed by atoms with van der Waals surface area (Å²) in [4.78, 5) is 16.1. The van der Waals surface area contributed by atoms with E-state index >= 15 is 0 Å². The lowest BCUT2D eigenvalue weighted by atomic mass is 10.2. The van der Waals surface area contributed by atoms with Crippen molar-refractivity contribution >= 4 is 22.9 Å². The number of carbonyl (C=O) groups is 1. The number of hydrogen-bond donors (Lipinski definition) is 1. The van der Waals surface area contributed by atoms with Gasteiger partial charge in [0.15, 0.2) is 17.5 Å². The van der Waals surface area contributed by atoms with Gasteiger partial charge in [0.25, 0.3) is 5.91 Å². The van der Waals surface area contributed by atoms with Crippen LogP contribution in [0.4, 0.5) is 23.2 Å². The molecule has 9 heteroatoms. The Morgan fingerprint density at radius 1 is 1.04 bits per heavy atom. The molecule has 1 N–H and O–H groups in total. The third kappa shape index (κ3) is 3.99. The van der Waals surface area contributed by atoms with Gasteiger partial charge in [-0.25, -0.2) is 22.5 Å². The number of halogens is 4. The molecule has 0 saturated heterocycles. The topological polar surface area (TPSA) is 51.2 Å². The third-order valence-electron chi connectivity index (χ3n) is 3.24. The van der Waals surface area contributed by atoms with Gasteiger partial charge in [0.2, 0.25) is 0 Å². The Kier molecular flexibility index (Phi) is 5.17. The van der Waals surface area contributed by atoms with E-state index in [9.17, 15) is 22.4 Å². The summed E-state index contributed by atoms with van der Waals surface area (Å²) >= 11 is 1.12. The third-order valence-corrected chi connectivity index (χ3v) is 4.07. The van der Waals surface area contributed by atoms with Crippen molar-refractivity contribution in [3.8, 4) is 5.75 Å². The Hall–Kier alpha value is -2.94. The Balaban J connectivity index is 1.64. The molecule has 1 aromatic heterocycles. The molecule has 0 saturated carbocycles. The minimum absolute atomic E-state index is 0.0307. The second-order valence-corrected chi connectivity index (χ2v) is 5.99. The van der Waals surface area contributed by atoms with Crippen molar-refractivity contribution in [2.24, 2.45) is 0 Å². The number of thiazole rings is 1. The molecule has 2 aromatic carbocycles. The molecule has 3 rings (SSSR count). The highest BCUT2D eigenvalue weighted by molar-refractivity contribution is 7.09. The molecular weight excluding hydrogens is 372 g/mol. The van der Waals surface area contributed by atoms with E-state index in [1.165, 1.54) is 29.6 Å². The summed E-state index contributed by atoms with van der Waals surface area (Å²) in [5, 5.41) is 3.99. The number of nitrogens with zero attached hydrogens (tertiary/aromatic N) is 1. The summed E-state index contributed by atoms with van der Waals surface area (Å²) in [6.45, 7) is 0.0448. The highest BCUT2D eigenvalue weighted by atomic mass is 32.1. The average Bonchev–Trinajstić information content (AvgIpc) is 3.11. The summed E-state index contributed by atoms with van der Waals surface area (Å²) < 4.78 is 57.9. The van der Waals surface area contributed by atoms with Crippen LogP contribution in [-0.2, 0) is 6.61 Å². The van der Waals surface area contributed by atoms with E-state index in [1.807, 2.05) is 0 Å². The Morgan fingerprint density at radius 2 is 1.77 bits per heavy atom. The molecule has 134 valence electrons. The summed E-state index contributed by atoms with van der Waals surface area (Å²) in [6, 6.07) is 7.00. The number of anilines is 1. The maximum Gasteiger partial charge on any atom is 0.275 e. The zero-order chi connectivity index (χ0) is 18.7. The molecule has 0 radical (unpaired) electrons. The molecule has 26 heavy (non-hydrogen) atoms. The molecule has 0 aliphatic rings. The Bertz CT molecular complexity index is 944. The lowest BCUT2D eigenvalue weighted by Gasteiger charge is -2.06. The highest BCUT2D eigenvalue weighted by Crippen LogP contribution is 2.21. The van der Waals surface area contributed by atoms with Gasteiger partial charge in [-0.2, -0.15) is 0 Å². The fraction of sp³-hybridized carbons (Fsp3) is 0.0588. The van der Waals surface area contributed by atoms with Crippen LogP contribution in [0.15, 0.2) is 41.8 Å². The van der Waals surface area contributed by atoms with Gasteiger partial charge < -0.3 is 10.1 Å². The molecule has 0 aliphatic heterocycles. The van der Waals surface area contributed by atoms with Crippen molar-refractivity contribution in [3.05, 3.63) is 75.7 Å². The van der Waals surface area contributed by atoms with Gasteiger partial charge in [-0.15, -0.1) is 11.3 Å². The summed E-state index contributed by atoms with van der Waals surface area (Å²) in [5.41, 5.74) is -0.525. The molecule has 4 nitrogen and oxygen atoms in total. The van der Waals surface area contributed by atoms with Gasteiger partial charge in [-0.3, -0.25) is 4.79 Å². The van der Waals surface area contributed by atoms with Crippen molar-refractivity contribution in [2.45, 2.75) is 6.61 Å². The van der Waals surface area contributed by atoms with Gasteiger partial charge in [-0.1, -0.05) is 0 Å². The van der Waals surface area contributed by atoms with Crippen LogP contribution in [0.1, 0.15) is 15.5 Å². The van der Waals surface area contributed by atoms with E-state index in [-0.39, 0.29) is 12.3 Å². The first-order valence-electron chi connectivity index (χ1n) is 7.21. The van der Waals surface area contributed by atoms with Gasteiger partial charge in [-0.05, 0) is 36.4 Å². The van der Waals surface area contributed by atoms with Crippen LogP contribution in [0, 0.1) is 23.3 Å². The molecule has 0 aliphatic carbocycles. The Labute approximate surface area is 149 Å². The number of benzene rings is 2. The van der Waals surface area contributed by atoms with E-state index in [2.05, 4.69) is 10.3 Å². The zero-order valence-electron chi connectivity index (χ0n) is 12.9. The van der Waals surface area contributed by atoms with Crippen LogP contribution in [0.3, 0.4) is 0 Å². The molecule has 0 atom stereocenters. The Morgan fingerprint density at radius 3 is 2.50 bits per heavy atom. The van der Waals surface area contributed by atoms with Gasteiger partial charge in [0.1, 0.15) is 28.9 Å². The molecule has 3 aromatic rings. The first kappa shape index (κ1) is 17.9. The lowest BCUT2D eigenvalue weighted by molar-refractivity contribution is 0.102. The maximum absolute atomic E-state index is 13.6. The number of carbonyl (C=O) groups excluding carboxylic acids is 1. The van der Waals surface area contributed by atoms with Crippen molar-refractivity contribution < 1.29 is 27.1 Å². The van der Waals surface area contributed by atoms with Gasteiger partial charge in [0, 0.05) is 5.38 Å². The van der Waals surface area contributed by atoms with E-state index < -0.39 is 34.9 Å². The van der Waals surface area contributed by atoms with Crippen LogP contribution < -0.4 is 10.1 Å². The summed E-state index contributed by atoms with van der Waals surface area (Å²) in [6.07, 6.45) is 0. The first-order chi connectivity index (χ1) is 12.4. The number of hydrogen-bond acceptors (Lipinski definition) is 4. The van der Waals surface area contributed by atoms with Crippen LogP contribution in [-0.4, -0.2) is 10.9 Å². The molecule has 0 spiro atoms. The second-order valence-electron chi connectivity index (χ2n) is 5.05. The van der Waals surface area contributed by atoms with Crippen LogP contribution in [0.2, 0.25) is 0 Å². The van der Waals surface area contributed by atoms with Gasteiger partial charge in [0.05, 0.1) is 5.69 Å². The lowest BCUT2D eigenvalue weighted by Crippen LogP contribution is -2.14. The van der Waals surface area contributed by atoms with E-state index in [0.29, 0.717) is 16.8 Å². The largest absolute Gasteiger partial charge is 0.486 e. The predicted molar refractivity (Wildman–Crippen MR) is 87.1 cm³/mol. The molecule has 1 amide bonds. The minimum atomic E-state index is -1.67. The minimum Gasteiger partial charge on any atom is -0.486 e. The number of rotatable bonds is 5. The fourth-order valence-electron chi connectivity index (χ4n) is 1.97. The van der Waals surface area contributed by atoms with E-state index in [0.717, 1.165) is 17.4 Å². The summed E-state index contributed by atoms with van der Waals surface area (Å²) in [5.74, 6) is -5.26. The van der Waals surface area contributed by atoms with Crippen LogP contribution in [0.5, 0.6) is 5.75 Å². The molecule has 0 fully saturated rings. The monoisotopic (exact) mass is 382 g/mol. The highest BCUT2D eigenvalue weighted by Gasteiger charge is 2.17. The average molecular weight is 382 g/mol. The number of nitrogens with one attached hydrogen (secondary N) is 1. The molecule has 0 unspecified atom stereocenters. The van der Waals surface area contributed by atoms with Crippen molar-refractivity contribution in [2.75, 3.05) is 5.32 Å². The normalized spacial score (nSPS) is 10.6. The zero-order valence-corrected chi connectivity index (χ0v) is 13.7. The van der Waals surface area contributed by atoms with E-state index in [1.54, 1.807) is 0 Å². The quantitative estimate of drug-likeness (QED) is 0.521. The van der Waals surface area contributed by atoms with E-state index in [4.69, 9.17) is 4.74 Å². The molecule has 0 bridgehead atoms. The molecule has 1 heterocycles. The maximum atomic E-state index is 13.6. The smallest absolute Gasteiger partial charge is 0.275 e. The SMILES string of the molecule is O=C(Nc1ccc(F)c(F)c1F)c1csc(COc2ccc(F)cc2)n1. The van der Waals surface area contributed by atoms with Crippen molar-refractivity contribution in [3.63, 3.8) is 0 Å². The number of ether oxygens (including phenoxy) is 1. The van der Waals surface area contributed by atoms with Crippen molar-refractivity contribution in [1.82, 2.24) is 4.98 Å². The van der Waals surface area contributed by atoms with Crippen LogP contribution >= 0.6 is 11.3 Å². The number of amides is 1. The fourth-order valence-corrected chi connectivity index (χ4v) is 2.65. The van der Waals surface area contributed by atoms with Gasteiger partial charge >= 0.3 is 0 Å². The molecular formula is C17H10F4N2O2S. The van der Waals surface area contributed by atoms with Crippen molar-refractivity contribution in [1.29, 1.82) is 0 Å². The number of aromatic nitrogens is 1. The predicted octanol–water partition coefficient (Wildman–Crippen LogP) is 4.53. The standard InChI is InChI=1S/C17H10F4N2O2S/c18-9-1-3-10(4-2-9)25-7-14-22-13(8-26-14)17(24)23-12-6-5-11(19)15(20)16(12)21/h1-6,8H,7H2,(H,23,24). The summed E-state index contributed by atoms with van der Waals surface area (Å²) in [7, 11) is 0. The first-order valence-corrected chi connectivity index (χ1v) is 8.09.